The lowest BCUT2D eigenvalue weighted by Crippen LogP contribution is -2.72. The van der Waals surface area contributed by atoms with Crippen molar-refractivity contribution in [3.63, 3.8) is 0 Å². The third-order valence-corrected chi connectivity index (χ3v) is 8.82. The summed E-state index contributed by atoms with van der Waals surface area (Å²) in [7, 11) is 5.39. The number of ether oxygens (including phenoxy) is 2. The van der Waals surface area contributed by atoms with E-state index in [1.807, 2.05) is 86.6 Å². The Hall–Kier alpha value is -6.15. The molecule has 7 aromatic rings. The molecule has 2 aromatic heterocycles. The average molecular weight is 636 g/mol. The zero-order valence-corrected chi connectivity index (χ0v) is 27.4. The summed E-state index contributed by atoms with van der Waals surface area (Å²) in [6, 6.07) is 35.9. The number of nitrogens with one attached hydrogen (secondary N) is 2. The number of aromatic amines is 1. The van der Waals surface area contributed by atoms with Gasteiger partial charge in [0, 0.05) is 58.0 Å². The van der Waals surface area contributed by atoms with Gasteiger partial charge in [-0.2, -0.15) is 4.84 Å². The lowest BCUT2D eigenvalue weighted by Gasteiger charge is -2.06. The van der Waals surface area contributed by atoms with Gasteiger partial charge in [0.1, 0.15) is 17.3 Å². The van der Waals surface area contributed by atoms with Crippen LogP contribution in [0.4, 0.5) is 0 Å². The average Bonchev–Trinajstić information content (AvgIpc) is 3.70. The number of benzene rings is 5. The molecule has 0 unspecified atom stereocenters. The Morgan fingerprint density at radius 2 is 1.35 bits per heavy atom. The highest BCUT2D eigenvalue weighted by molar-refractivity contribution is 6.11. The maximum atomic E-state index is 12.7. The molecule has 0 bridgehead atoms. The number of hydrogen-bond donors (Lipinski definition) is 2. The predicted molar refractivity (Wildman–Crippen MR) is 189 cm³/mol. The van der Waals surface area contributed by atoms with Gasteiger partial charge in [-0.15, -0.1) is 0 Å². The SMILES string of the molecule is COc1ccc(-c2nc(-c3ccc4c(c3)c3cc(C(C)=[NH+]OC(=O)c5ccccc5C)ccc3n4C)[nH]c2-c2ccc(OC)cc2)cc1. The van der Waals surface area contributed by atoms with Crippen LogP contribution >= 0.6 is 0 Å². The highest BCUT2D eigenvalue weighted by atomic mass is 16.7. The van der Waals surface area contributed by atoms with Gasteiger partial charge in [-0.05, 0) is 109 Å². The summed E-state index contributed by atoms with van der Waals surface area (Å²) in [6.07, 6.45) is 0. The Bertz CT molecular complexity index is 2270. The monoisotopic (exact) mass is 635 g/mol. The minimum Gasteiger partial charge on any atom is -0.497 e. The number of imidazole rings is 1. The maximum absolute atomic E-state index is 12.7. The molecule has 0 aliphatic heterocycles. The van der Waals surface area contributed by atoms with Crippen LogP contribution in [0, 0.1) is 6.92 Å². The molecule has 0 aliphatic rings. The van der Waals surface area contributed by atoms with Crippen LogP contribution in [0.25, 0.3) is 55.7 Å². The highest BCUT2D eigenvalue weighted by Crippen LogP contribution is 2.37. The van der Waals surface area contributed by atoms with E-state index in [2.05, 4.69) is 52.1 Å². The van der Waals surface area contributed by atoms with Gasteiger partial charge in [-0.1, -0.05) is 18.2 Å². The van der Waals surface area contributed by atoms with Crippen molar-refractivity contribution in [2.75, 3.05) is 14.2 Å². The van der Waals surface area contributed by atoms with E-state index in [1.54, 1.807) is 20.3 Å². The Morgan fingerprint density at radius 1 is 0.750 bits per heavy atom. The van der Waals surface area contributed by atoms with Gasteiger partial charge in [-0.3, -0.25) is 0 Å². The molecule has 0 aliphatic carbocycles. The number of nitrogens with zero attached hydrogens (tertiary/aromatic N) is 2. The van der Waals surface area contributed by atoms with Crippen LogP contribution in [0.1, 0.15) is 28.4 Å². The zero-order chi connectivity index (χ0) is 33.4. The smallest absolute Gasteiger partial charge is 0.410 e. The van der Waals surface area contributed by atoms with Crippen LogP contribution in [0.3, 0.4) is 0 Å². The highest BCUT2D eigenvalue weighted by Gasteiger charge is 2.19. The second kappa shape index (κ2) is 12.6. The molecule has 2 N–H and O–H groups in total. The minimum absolute atomic E-state index is 0.426. The Labute approximate surface area is 278 Å². The molecule has 0 spiro atoms. The van der Waals surface area contributed by atoms with Crippen LogP contribution in [0.5, 0.6) is 11.5 Å². The van der Waals surface area contributed by atoms with Crippen LogP contribution in [0.2, 0.25) is 0 Å². The number of aryl methyl sites for hydroxylation is 2. The van der Waals surface area contributed by atoms with Crippen LogP contribution < -0.4 is 14.6 Å². The van der Waals surface area contributed by atoms with E-state index in [4.69, 9.17) is 19.3 Å². The fraction of sp³-hybridized carbons (Fsp3) is 0.125. The zero-order valence-electron chi connectivity index (χ0n) is 27.4. The van der Waals surface area contributed by atoms with E-state index in [1.165, 1.54) is 0 Å². The molecule has 0 saturated carbocycles. The second-order valence-electron chi connectivity index (χ2n) is 11.7. The van der Waals surface area contributed by atoms with Gasteiger partial charge in [0.25, 0.3) is 0 Å². The van der Waals surface area contributed by atoms with Crippen molar-refractivity contribution >= 4 is 33.5 Å². The van der Waals surface area contributed by atoms with Gasteiger partial charge in [-0.25, -0.2) is 9.78 Å². The third kappa shape index (κ3) is 5.58. The Kier molecular flexibility index (Phi) is 7.98. The normalized spacial score (nSPS) is 11.6. The first-order chi connectivity index (χ1) is 23.3. The van der Waals surface area contributed by atoms with Gasteiger partial charge in [0.15, 0.2) is 0 Å². The number of fused-ring (bicyclic) bond motifs is 3. The Morgan fingerprint density at radius 3 is 2.02 bits per heavy atom. The van der Waals surface area contributed by atoms with Gasteiger partial charge >= 0.3 is 5.97 Å². The first-order valence-electron chi connectivity index (χ1n) is 15.6. The number of aromatic nitrogens is 3. The molecule has 0 atom stereocenters. The standard InChI is InChI=1S/C40H34N4O4/c1-24-8-6-7-9-32(24)40(45)48-43-25(2)28-14-20-35-33(22-28)34-23-29(15-21-36(34)44(35)3)39-41-37(26-10-16-30(46-4)17-11-26)38(42-39)27-12-18-31(47-5)19-13-27/h6-23H,1-5H3,(H,41,42)/p+1. The molecule has 7 rings (SSSR count). The topological polar surface area (TPSA) is 92.3 Å². The van der Waals surface area contributed by atoms with E-state index in [0.29, 0.717) is 5.56 Å². The molecule has 0 radical (unpaired) electrons. The fourth-order valence-electron chi connectivity index (χ4n) is 6.07. The third-order valence-electron chi connectivity index (χ3n) is 8.82. The van der Waals surface area contributed by atoms with Crippen LogP contribution in [-0.4, -0.2) is 40.4 Å². The molecule has 238 valence electrons. The first-order valence-corrected chi connectivity index (χ1v) is 15.6. The van der Waals surface area contributed by atoms with Gasteiger partial charge in [0.2, 0.25) is 5.71 Å². The van der Waals surface area contributed by atoms with Crippen molar-refractivity contribution in [1.29, 1.82) is 0 Å². The van der Waals surface area contributed by atoms with E-state index in [9.17, 15) is 4.79 Å². The second-order valence-corrected chi connectivity index (χ2v) is 11.7. The lowest BCUT2D eigenvalue weighted by molar-refractivity contribution is -0.720. The minimum atomic E-state index is -0.426. The summed E-state index contributed by atoms with van der Waals surface area (Å²) in [5.74, 6) is 1.91. The molecule has 0 saturated heterocycles. The summed E-state index contributed by atoms with van der Waals surface area (Å²) in [4.78, 5) is 26.9. The fourth-order valence-corrected chi connectivity index (χ4v) is 6.07. The van der Waals surface area contributed by atoms with Crippen LogP contribution in [-0.2, 0) is 11.9 Å². The largest absolute Gasteiger partial charge is 0.497 e. The van der Waals surface area contributed by atoms with E-state index in [-0.39, 0.29) is 0 Å². The molecular weight excluding hydrogens is 600 g/mol. The van der Waals surface area contributed by atoms with Gasteiger partial charge in [0.05, 0.1) is 31.2 Å². The molecule has 0 amide bonds. The van der Waals surface area contributed by atoms with Gasteiger partial charge < -0.3 is 19.0 Å². The van der Waals surface area contributed by atoms with Crippen molar-refractivity contribution in [1.82, 2.24) is 14.5 Å². The summed E-state index contributed by atoms with van der Waals surface area (Å²) >= 11 is 0. The summed E-state index contributed by atoms with van der Waals surface area (Å²) in [5, 5.41) is 5.03. The molecular formula is C40H35N4O4+. The quantitative estimate of drug-likeness (QED) is 0.106. The maximum Gasteiger partial charge on any atom is 0.410 e. The number of methoxy groups -OCH3 is 2. The van der Waals surface area contributed by atoms with Crippen molar-refractivity contribution in [2.24, 2.45) is 7.05 Å². The van der Waals surface area contributed by atoms with Crippen molar-refractivity contribution in [3.8, 4) is 45.4 Å². The number of carbonyl (C=O) groups excluding carboxylic acids is 1. The number of carbonyl (C=O) groups is 1. The van der Waals surface area contributed by atoms with Crippen molar-refractivity contribution in [3.05, 3.63) is 126 Å². The molecule has 5 aromatic carbocycles. The molecule has 2 heterocycles. The molecule has 8 nitrogen and oxygen atoms in total. The lowest BCUT2D eigenvalue weighted by atomic mass is 10.0. The Balaban J connectivity index is 1.29. The first kappa shape index (κ1) is 30.5. The summed E-state index contributed by atoms with van der Waals surface area (Å²) in [6.45, 7) is 3.78. The predicted octanol–water partition coefficient (Wildman–Crippen LogP) is 7.04. The van der Waals surface area contributed by atoms with E-state index in [0.717, 1.165) is 84.0 Å². The number of H-pyrrole nitrogens is 1. The van der Waals surface area contributed by atoms with Crippen molar-refractivity contribution < 1.29 is 24.3 Å². The summed E-state index contributed by atoms with van der Waals surface area (Å²) in [5.41, 5.74) is 9.90. The number of hydrogen-bond acceptors (Lipinski definition) is 5. The number of rotatable bonds is 8. The molecule has 48 heavy (non-hydrogen) atoms. The van der Waals surface area contributed by atoms with Crippen LogP contribution in [0.15, 0.2) is 109 Å². The molecule has 0 fully saturated rings. The van der Waals surface area contributed by atoms with E-state index >= 15 is 0 Å². The molecule has 8 heteroatoms. The summed E-state index contributed by atoms with van der Waals surface area (Å²) < 4.78 is 13.0. The van der Waals surface area contributed by atoms with E-state index < -0.39 is 5.97 Å². The van der Waals surface area contributed by atoms with Crippen molar-refractivity contribution in [2.45, 2.75) is 13.8 Å².